The Bertz CT molecular complexity index is 424. The van der Waals surface area contributed by atoms with Crippen LogP contribution in [0.15, 0.2) is 24.3 Å². The van der Waals surface area contributed by atoms with Crippen molar-refractivity contribution in [1.82, 2.24) is 5.32 Å². The van der Waals surface area contributed by atoms with Gasteiger partial charge < -0.3 is 5.32 Å². The average Bonchev–Trinajstić information content (AvgIpc) is 2.24. The van der Waals surface area contributed by atoms with Crippen LogP contribution in [0, 0.1) is 6.92 Å². The second kappa shape index (κ2) is 4.54. The normalized spacial score (nSPS) is 32.4. The molecule has 17 heavy (non-hydrogen) atoms. The number of hydrogen-bond acceptors (Lipinski definition) is 2. The molecule has 1 N–H and O–H groups in total. The van der Waals surface area contributed by atoms with Crippen molar-refractivity contribution in [2.75, 3.05) is 5.75 Å². The molecule has 0 saturated carbocycles. The Balaban J connectivity index is 2.30. The second-order valence-electron chi connectivity index (χ2n) is 5.65. The molecule has 2 nitrogen and oxygen atoms in total. The van der Waals surface area contributed by atoms with E-state index in [1.54, 1.807) is 0 Å². The van der Waals surface area contributed by atoms with Crippen molar-refractivity contribution in [3.8, 4) is 0 Å². The Labute approximate surface area is 106 Å². The van der Waals surface area contributed by atoms with Gasteiger partial charge in [-0.15, -0.1) is 0 Å². The van der Waals surface area contributed by atoms with Crippen LogP contribution in [0.3, 0.4) is 0 Å². The number of rotatable bonds is 1. The van der Waals surface area contributed by atoms with Crippen LogP contribution in [0.5, 0.6) is 0 Å². The molecule has 1 aliphatic rings. The van der Waals surface area contributed by atoms with Gasteiger partial charge in [-0.3, -0.25) is 4.21 Å². The van der Waals surface area contributed by atoms with E-state index in [0.29, 0.717) is 0 Å². The minimum atomic E-state index is -0.753. The van der Waals surface area contributed by atoms with Gasteiger partial charge in [0.1, 0.15) is 0 Å². The molecule has 0 aliphatic carbocycles. The summed E-state index contributed by atoms with van der Waals surface area (Å²) >= 11 is 0. The zero-order chi connectivity index (χ0) is 12.6. The van der Waals surface area contributed by atoms with Crippen LogP contribution < -0.4 is 5.32 Å². The predicted octanol–water partition coefficient (Wildman–Crippen LogP) is 2.56. The molecule has 0 amide bonds. The van der Waals surface area contributed by atoms with E-state index in [1.807, 2.05) is 0 Å². The summed E-state index contributed by atoms with van der Waals surface area (Å²) in [7, 11) is -0.753. The van der Waals surface area contributed by atoms with Crippen LogP contribution in [0.25, 0.3) is 0 Å². The van der Waals surface area contributed by atoms with E-state index >= 15 is 0 Å². The highest BCUT2D eigenvalue weighted by Crippen LogP contribution is 2.29. The summed E-state index contributed by atoms with van der Waals surface area (Å²) in [6.07, 6.45) is 0. The van der Waals surface area contributed by atoms with Gasteiger partial charge in [-0.05, 0) is 33.3 Å². The molecule has 3 heteroatoms. The summed E-state index contributed by atoms with van der Waals surface area (Å²) in [5.74, 6) is 0.733. The highest BCUT2D eigenvalue weighted by atomic mass is 32.2. The summed E-state index contributed by atoms with van der Waals surface area (Å²) in [5, 5.41) is 3.79. The summed E-state index contributed by atoms with van der Waals surface area (Å²) < 4.78 is 12.1. The van der Waals surface area contributed by atoms with E-state index in [2.05, 4.69) is 57.3 Å². The van der Waals surface area contributed by atoms with Gasteiger partial charge >= 0.3 is 0 Å². The van der Waals surface area contributed by atoms with Gasteiger partial charge in [0.05, 0.1) is 5.25 Å². The topological polar surface area (TPSA) is 29.1 Å². The zero-order valence-electron chi connectivity index (χ0n) is 11.0. The fourth-order valence-electron chi connectivity index (χ4n) is 2.35. The predicted molar refractivity (Wildman–Crippen MR) is 73.6 cm³/mol. The molecule has 1 heterocycles. The molecule has 0 aromatic heterocycles. The lowest BCUT2D eigenvalue weighted by atomic mass is 9.98. The Morgan fingerprint density at radius 3 is 2.47 bits per heavy atom. The van der Waals surface area contributed by atoms with Crippen molar-refractivity contribution in [3.05, 3.63) is 35.4 Å². The average molecular weight is 251 g/mol. The zero-order valence-corrected chi connectivity index (χ0v) is 11.8. The van der Waals surface area contributed by atoms with E-state index in [1.165, 1.54) is 11.1 Å². The van der Waals surface area contributed by atoms with E-state index in [9.17, 15) is 4.21 Å². The van der Waals surface area contributed by atoms with Crippen molar-refractivity contribution in [1.29, 1.82) is 0 Å². The first-order valence-electron chi connectivity index (χ1n) is 6.10. The fourth-order valence-corrected chi connectivity index (χ4v) is 3.93. The highest BCUT2D eigenvalue weighted by molar-refractivity contribution is 7.85. The highest BCUT2D eigenvalue weighted by Gasteiger charge is 2.37. The van der Waals surface area contributed by atoms with Gasteiger partial charge in [-0.1, -0.05) is 29.8 Å². The van der Waals surface area contributed by atoms with Crippen LogP contribution >= 0.6 is 0 Å². The molecule has 0 bridgehead atoms. The van der Waals surface area contributed by atoms with Gasteiger partial charge in [-0.2, -0.15) is 0 Å². The molecule has 0 radical (unpaired) electrons. The molecule has 1 saturated heterocycles. The standard InChI is InChI=1S/C14H21NOS/c1-10-5-7-12(8-6-10)13-11(2)17(16)9-14(3,4)15-13/h5-8,11,13,15H,9H2,1-4H3. The van der Waals surface area contributed by atoms with Crippen LogP contribution in [-0.2, 0) is 10.8 Å². The van der Waals surface area contributed by atoms with Crippen molar-refractivity contribution in [2.24, 2.45) is 0 Å². The maximum absolute atomic E-state index is 12.1. The van der Waals surface area contributed by atoms with E-state index in [4.69, 9.17) is 0 Å². The molecular weight excluding hydrogens is 230 g/mol. The Morgan fingerprint density at radius 1 is 1.29 bits per heavy atom. The molecule has 1 aliphatic heterocycles. The third-order valence-corrected chi connectivity index (χ3v) is 5.48. The van der Waals surface area contributed by atoms with Gasteiger partial charge in [0.2, 0.25) is 0 Å². The second-order valence-corrected chi connectivity index (χ2v) is 7.44. The number of benzene rings is 1. The smallest absolute Gasteiger partial charge is 0.0515 e. The molecule has 3 unspecified atom stereocenters. The van der Waals surface area contributed by atoms with Gasteiger partial charge in [-0.25, -0.2) is 0 Å². The lowest BCUT2D eigenvalue weighted by Crippen LogP contribution is -2.55. The first-order chi connectivity index (χ1) is 7.89. The fraction of sp³-hybridized carbons (Fsp3) is 0.571. The van der Waals surface area contributed by atoms with Crippen LogP contribution in [0.1, 0.15) is 37.9 Å². The lowest BCUT2D eigenvalue weighted by molar-refractivity contribution is 0.344. The van der Waals surface area contributed by atoms with E-state index in [0.717, 1.165) is 5.75 Å². The SMILES string of the molecule is Cc1ccc(C2NC(C)(C)CS(=O)C2C)cc1. The molecule has 3 atom stereocenters. The van der Waals surface area contributed by atoms with Crippen LogP contribution in [0.2, 0.25) is 0 Å². The third kappa shape index (κ3) is 2.78. The third-order valence-electron chi connectivity index (χ3n) is 3.37. The summed E-state index contributed by atoms with van der Waals surface area (Å²) in [5.41, 5.74) is 2.45. The summed E-state index contributed by atoms with van der Waals surface area (Å²) in [6, 6.07) is 8.72. The Hall–Kier alpha value is -0.670. The first-order valence-corrected chi connectivity index (χ1v) is 7.49. The molecule has 2 rings (SSSR count). The molecular formula is C14H21NOS. The van der Waals surface area contributed by atoms with Gasteiger partial charge in [0.25, 0.3) is 0 Å². The van der Waals surface area contributed by atoms with Crippen molar-refractivity contribution < 1.29 is 4.21 Å². The molecule has 94 valence electrons. The number of aryl methyl sites for hydroxylation is 1. The quantitative estimate of drug-likeness (QED) is 0.831. The molecule has 1 fully saturated rings. The van der Waals surface area contributed by atoms with Gasteiger partial charge in [0, 0.05) is 28.1 Å². The Morgan fingerprint density at radius 2 is 1.88 bits per heavy atom. The minimum absolute atomic E-state index is 0.0487. The monoisotopic (exact) mass is 251 g/mol. The molecule has 1 aromatic rings. The van der Waals surface area contributed by atoms with Gasteiger partial charge in [0.15, 0.2) is 0 Å². The Kier molecular flexibility index (Phi) is 3.41. The van der Waals surface area contributed by atoms with Crippen LogP contribution in [0.4, 0.5) is 0 Å². The molecule has 0 spiro atoms. The lowest BCUT2D eigenvalue weighted by Gasteiger charge is -2.40. The van der Waals surface area contributed by atoms with Crippen LogP contribution in [-0.4, -0.2) is 20.8 Å². The largest absolute Gasteiger partial charge is 0.303 e. The number of nitrogens with one attached hydrogen (secondary N) is 1. The summed E-state index contributed by atoms with van der Waals surface area (Å²) in [4.78, 5) is 0. The maximum atomic E-state index is 12.1. The van der Waals surface area contributed by atoms with Crippen molar-refractivity contribution in [3.63, 3.8) is 0 Å². The van der Waals surface area contributed by atoms with E-state index in [-0.39, 0.29) is 16.8 Å². The first kappa shape index (κ1) is 12.8. The van der Waals surface area contributed by atoms with E-state index < -0.39 is 10.8 Å². The minimum Gasteiger partial charge on any atom is -0.303 e. The maximum Gasteiger partial charge on any atom is 0.0515 e. The van der Waals surface area contributed by atoms with Crippen molar-refractivity contribution in [2.45, 2.75) is 44.5 Å². The number of hydrogen-bond donors (Lipinski definition) is 1. The van der Waals surface area contributed by atoms with Crippen molar-refractivity contribution >= 4 is 10.8 Å². The molecule has 1 aromatic carbocycles. The summed E-state index contributed by atoms with van der Waals surface area (Å²) in [6.45, 7) is 8.41.